The van der Waals surface area contributed by atoms with E-state index in [1.165, 1.54) is 12.1 Å². The van der Waals surface area contributed by atoms with Gasteiger partial charge in [0.05, 0.1) is 24.2 Å². The summed E-state index contributed by atoms with van der Waals surface area (Å²) < 4.78 is 10.2. The van der Waals surface area contributed by atoms with Crippen LogP contribution in [0.15, 0.2) is 18.2 Å². The molecular weight excluding hydrogens is 266 g/mol. The van der Waals surface area contributed by atoms with Crippen LogP contribution in [0, 0.1) is 10.1 Å². The number of amides is 1. The number of hydrogen-bond donors (Lipinski definition) is 2. The summed E-state index contributed by atoms with van der Waals surface area (Å²) in [5.41, 5.74) is 5.40. The summed E-state index contributed by atoms with van der Waals surface area (Å²) in [6.45, 7) is 2.71. The van der Waals surface area contributed by atoms with Crippen molar-refractivity contribution in [1.29, 1.82) is 0 Å². The molecule has 110 valence electrons. The largest absolute Gasteiger partial charge is 0.494 e. The third kappa shape index (κ3) is 5.53. The number of nitrogens with two attached hydrogens (primary N) is 1. The minimum Gasteiger partial charge on any atom is -0.494 e. The zero-order valence-electron chi connectivity index (χ0n) is 11.1. The summed E-state index contributed by atoms with van der Waals surface area (Å²) >= 11 is 0. The highest BCUT2D eigenvalue weighted by Crippen LogP contribution is 2.25. The highest BCUT2D eigenvalue weighted by molar-refractivity contribution is 5.74. The number of nitrogens with one attached hydrogen (secondary N) is 1. The second-order valence-corrected chi connectivity index (χ2v) is 3.85. The van der Waals surface area contributed by atoms with Gasteiger partial charge in [-0.3, -0.25) is 14.9 Å². The van der Waals surface area contributed by atoms with Gasteiger partial charge in [0.15, 0.2) is 0 Å². The number of primary amides is 1. The lowest BCUT2D eigenvalue weighted by atomic mass is 10.2. The molecule has 0 aromatic heterocycles. The van der Waals surface area contributed by atoms with E-state index in [0.717, 1.165) is 0 Å². The molecule has 1 rings (SSSR count). The van der Waals surface area contributed by atoms with Gasteiger partial charge in [0.2, 0.25) is 5.91 Å². The first-order chi connectivity index (χ1) is 9.52. The minimum absolute atomic E-state index is 0.0588. The third-order valence-electron chi connectivity index (χ3n) is 2.23. The maximum absolute atomic E-state index is 10.8. The molecule has 0 spiro atoms. The minimum atomic E-state index is -0.543. The molecule has 1 amide bonds. The highest BCUT2D eigenvalue weighted by Gasteiger charge is 2.10. The number of benzene rings is 1. The Balaban J connectivity index is 2.59. The number of rotatable bonds is 9. The van der Waals surface area contributed by atoms with Crippen molar-refractivity contribution >= 4 is 17.3 Å². The molecule has 0 aliphatic heterocycles. The van der Waals surface area contributed by atoms with Crippen LogP contribution < -0.4 is 15.8 Å². The first-order valence-corrected chi connectivity index (χ1v) is 6.05. The van der Waals surface area contributed by atoms with Crippen LogP contribution in [0.25, 0.3) is 0 Å². The summed E-state index contributed by atoms with van der Waals surface area (Å²) in [4.78, 5) is 20.8. The Kier molecular flexibility index (Phi) is 6.24. The van der Waals surface area contributed by atoms with E-state index in [-0.39, 0.29) is 18.9 Å². The predicted octanol–water partition coefficient (Wildman–Crippen LogP) is 0.907. The summed E-state index contributed by atoms with van der Waals surface area (Å²) in [5.74, 6) is -0.124. The number of ether oxygens (including phenoxy) is 2. The van der Waals surface area contributed by atoms with E-state index >= 15 is 0 Å². The Bertz CT molecular complexity index is 478. The summed E-state index contributed by atoms with van der Waals surface area (Å²) in [6, 6.07) is 4.42. The first kappa shape index (κ1) is 15.7. The van der Waals surface area contributed by atoms with E-state index in [1.807, 2.05) is 0 Å². The van der Waals surface area contributed by atoms with E-state index in [2.05, 4.69) is 5.32 Å². The average Bonchev–Trinajstić information content (AvgIpc) is 2.38. The lowest BCUT2D eigenvalue weighted by Gasteiger charge is -2.09. The maximum atomic E-state index is 10.8. The van der Waals surface area contributed by atoms with Gasteiger partial charge in [-0.15, -0.1) is 0 Å². The van der Waals surface area contributed by atoms with Gasteiger partial charge < -0.3 is 20.5 Å². The van der Waals surface area contributed by atoms with Crippen LogP contribution in [0.5, 0.6) is 5.75 Å². The van der Waals surface area contributed by atoms with Gasteiger partial charge in [-0.1, -0.05) is 0 Å². The van der Waals surface area contributed by atoms with Crippen LogP contribution in [0.4, 0.5) is 11.4 Å². The number of nitro benzene ring substituents is 1. The molecule has 0 fully saturated rings. The predicted molar refractivity (Wildman–Crippen MR) is 72.8 cm³/mol. The van der Waals surface area contributed by atoms with E-state index in [9.17, 15) is 14.9 Å². The first-order valence-electron chi connectivity index (χ1n) is 6.05. The Morgan fingerprint density at radius 3 is 2.80 bits per heavy atom. The molecule has 0 bridgehead atoms. The smallest absolute Gasteiger partial charge is 0.275 e. The molecule has 8 heteroatoms. The van der Waals surface area contributed by atoms with E-state index in [1.54, 1.807) is 13.0 Å². The van der Waals surface area contributed by atoms with E-state index < -0.39 is 10.8 Å². The lowest BCUT2D eigenvalue weighted by molar-refractivity contribution is -0.384. The van der Waals surface area contributed by atoms with Crippen molar-refractivity contribution < 1.29 is 19.2 Å². The van der Waals surface area contributed by atoms with Crippen LogP contribution in [-0.2, 0) is 9.53 Å². The van der Waals surface area contributed by atoms with Crippen LogP contribution in [0.3, 0.4) is 0 Å². The van der Waals surface area contributed by atoms with Gasteiger partial charge in [-0.05, 0) is 6.92 Å². The number of hydrogen-bond acceptors (Lipinski definition) is 6. The van der Waals surface area contributed by atoms with Gasteiger partial charge in [0, 0.05) is 24.4 Å². The van der Waals surface area contributed by atoms with Crippen molar-refractivity contribution in [3.05, 3.63) is 28.3 Å². The van der Waals surface area contributed by atoms with Crippen LogP contribution in [-0.4, -0.2) is 37.2 Å². The monoisotopic (exact) mass is 283 g/mol. The molecule has 0 saturated heterocycles. The molecule has 0 atom stereocenters. The third-order valence-corrected chi connectivity index (χ3v) is 2.23. The molecule has 1 aromatic carbocycles. The molecule has 0 saturated carbocycles. The number of nitro groups is 1. The average molecular weight is 283 g/mol. The number of non-ortho nitro benzene ring substituents is 1. The molecule has 0 radical (unpaired) electrons. The molecule has 8 nitrogen and oxygen atoms in total. The SMILES string of the molecule is CCOc1cc(NCCOCC(N)=O)cc([N+](=O)[O-])c1. The molecule has 3 N–H and O–H groups in total. The molecule has 0 unspecified atom stereocenters. The molecular formula is C12H17N3O5. The van der Waals surface area contributed by atoms with Gasteiger partial charge in [-0.2, -0.15) is 0 Å². The molecule has 0 heterocycles. The second-order valence-electron chi connectivity index (χ2n) is 3.85. The zero-order chi connectivity index (χ0) is 15.0. The van der Waals surface area contributed by atoms with Crippen LogP contribution >= 0.6 is 0 Å². The number of anilines is 1. The molecule has 0 aliphatic rings. The number of nitrogens with zero attached hydrogens (tertiary/aromatic N) is 1. The van der Waals surface area contributed by atoms with Gasteiger partial charge in [0.25, 0.3) is 5.69 Å². The van der Waals surface area contributed by atoms with Crippen molar-refractivity contribution in [3.8, 4) is 5.75 Å². The quantitative estimate of drug-likeness (QED) is 0.395. The van der Waals surface area contributed by atoms with Crippen molar-refractivity contribution in [3.63, 3.8) is 0 Å². The van der Waals surface area contributed by atoms with E-state index in [4.69, 9.17) is 15.2 Å². The summed E-state index contributed by atoms with van der Waals surface area (Å²) in [5, 5.41) is 13.8. The Hall–Kier alpha value is -2.35. The molecule has 1 aromatic rings. The number of carbonyl (C=O) groups excluding carboxylic acids is 1. The van der Waals surface area contributed by atoms with Gasteiger partial charge >= 0.3 is 0 Å². The van der Waals surface area contributed by atoms with Crippen molar-refractivity contribution in [1.82, 2.24) is 0 Å². The molecule has 20 heavy (non-hydrogen) atoms. The second kappa shape index (κ2) is 7.95. The number of carbonyl (C=O) groups is 1. The Morgan fingerprint density at radius 2 is 2.20 bits per heavy atom. The Morgan fingerprint density at radius 1 is 1.45 bits per heavy atom. The van der Waals surface area contributed by atoms with Crippen molar-refractivity contribution in [2.24, 2.45) is 5.73 Å². The fraction of sp³-hybridized carbons (Fsp3) is 0.417. The maximum Gasteiger partial charge on any atom is 0.275 e. The lowest BCUT2D eigenvalue weighted by Crippen LogP contribution is -2.20. The van der Waals surface area contributed by atoms with Gasteiger partial charge in [0.1, 0.15) is 12.4 Å². The fourth-order valence-electron chi connectivity index (χ4n) is 1.48. The standard InChI is InChI=1S/C12H17N3O5/c1-2-20-11-6-9(5-10(7-11)15(17)18)14-3-4-19-8-12(13)16/h5-7,14H,2-4,8H2,1H3,(H2,13,16). The van der Waals surface area contributed by atoms with Gasteiger partial charge in [-0.25, -0.2) is 0 Å². The van der Waals surface area contributed by atoms with Crippen molar-refractivity contribution in [2.45, 2.75) is 6.92 Å². The van der Waals surface area contributed by atoms with Crippen LogP contribution in [0.1, 0.15) is 6.92 Å². The van der Waals surface area contributed by atoms with Crippen molar-refractivity contribution in [2.75, 3.05) is 31.7 Å². The summed E-state index contributed by atoms with van der Waals surface area (Å²) in [7, 11) is 0. The zero-order valence-corrected chi connectivity index (χ0v) is 11.1. The van der Waals surface area contributed by atoms with Crippen LogP contribution in [0.2, 0.25) is 0 Å². The topological polar surface area (TPSA) is 117 Å². The normalized spacial score (nSPS) is 10.1. The highest BCUT2D eigenvalue weighted by atomic mass is 16.6. The van der Waals surface area contributed by atoms with E-state index in [0.29, 0.717) is 24.6 Å². The fourth-order valence-corrected chi connectivity index (χ4v) is 1.48. The molecule has 0 aliphatic carbocycles. The summed E-state index contributed by atoms with van der Waals surface area (Å²) in [6.07, 6.45) is 0. The Labute approximate surface area is 116 Å².